The average Bonchev–Trinajstić information content (AvgIpc) is 3.52. The molecule has 0 atom stereocenters. The Kier molecular flexibility index (Phi) is 5.94. The van der Waals surface area contributed by atoms with Gasteiger partial charge in [-0.2, -0.15) is 0 Å². The molecule has 1 saturated carbocycles. The molecule has 1 aliphatic heterocycles. The fourth-order valence-electron chi connectivity index (χ4n) is 3.42. The molecule has 2 heterocycles. The van der Waals surface area contributed by atoms with Crippen molar-refractivity contribution >= 4 is 28.0 Å². The Labute approximate surface area is 176 Å². The summed E-state index contributed by atoms with van der Waals surface area (Å²) in [7, 11) is -2.24. The minimum atomic E-state index is -3.53. The van der Waals surface area contributed by atoms with E-state index in [0.29, 0.717) is 18.5 Å². The van der Waals surface area contributed by atoms with Crippen molar-refractivity contribution in [3.05, 3.63) is 18.0 Å². The number of hydrogen-bond acceptors (Lipinski definition) is 8. The quantitative estimate of drug-likeness (QED) is 0.687. The first-order valence-corrected chi connectivity index (χ1v) is 11.4. The number of hydrogen-bond donors (Lipinski definition) is 1. The Hall–Kier alpha value is -2.43. The summed E-state index contributed by atoms with van der Waals surface area (Å²) in [5, 5.41) is -0.420. The minimum absolute atomic E-state index is 0.0720. The molecule has 1 amide bonds. The summed E-state index contributed by atoms with van der Waals surface area (Å²) in [6, 6.07) is 1.58. The van der Waals surface area contributed by atoms with Crippen molar-refractivity contribution in [2.24, 2.45) is 0 Å². The van der Waals surface area contributed by atoms with Crippen LogP contribution in [0.25, 0.3) is 0 Å². The fourth-order valence-corrected chi connectivity index (χ4v) is 4.70. The molecule has 1 aromatic rings. The van der Waals surface area contributed by atoms with E-state index in [2.05, 4.69) is 14.7 Å². The molecule has 30 heavy (non-hydrogen) atoms. The van der Waals surface area contributed by atoms with Crippen molar-refractivity contribution in [1.82, 2.24) is 14.9 Å². The van der Waals surface area contributed by atoms with Gasteiger partial charge in [-0.15, -0.1) is 0 Å². The Bertz CT molecular complexity index is 915. The van der Waals surface area contributed by atoms with Crippen LogP contribution in [0.2, 0.25) is 0 Å². The van der Waals surface area contributed by atoms with Crippen LogP contribution < -0.4 is 4.72 Å². The SMILES string of the molecule is COC(=O)C1(c2ccnc(NS(=O)(=O)C3CC3)n2)CCN(C(=O)OC(C)(C)C)CC1. The van der Waals surface area contributed by atoms with E-state index in [9.17, 15) is 18.0 Å². The maximum absolute atomic E-state index is 12.8. The Balaban J connectivity index is 1.81. The lowest BCUT2D eigenvalue weighted by molar-refractivity contribution is -0.150. The molecule has 10 nitrogen and oxygen atoms in total. The van der Waals surface area contributed by atoms with E-state index in [-0.39, 0.29) is 31.9 Å². The number of sulfonamides is 1. The van der Waals surface area contributed by atoms with E-state index in [4.69, 9.17) is 9.47 Å². The van der Waals surface area contributed by atoms with E-state index in [1.807, 2.05) is 0 Å². The summed E-state index contributed by atoms with van der Waals surface area (Å²) in [6.07, 6.45) is 2.73. The van der Waals surface area contributed by atoms with Crippen molar-refractivity contribution in [1.29, 1.82) is 0 Å². The first-order chi connectivity index (χ1) is 14.0. The van der Waals surface area contributed by atoms with Gasteiger partial charge in [-0.3, -0.25) is 9.52 Å². The molecule has 0 spiro atoms. The number of nitrogens with one attached hydrogen (secondary N) is 1. The van der Waals surface area contributed by atoms with Crippen LogP contribution in [0.5, 0.6) is 0 Å². The van der Waals surface area contributed by atoms with Gasteiger partial charge < -0.3 is 14.4 Å². The zero-order chi connectivity index (χ0) is 22.2. The van der Waals surface area contributed by atoms with Crippen molar-refractivity contribution in [2.45, 2.75) is 62.7 Å². The Morgan fingerprint density at radius 1 is 1.23 bits per heavy atom. The van der Waals surface area contributed by atoms with Crippen LogP contribution in [0.15, 0.2) is 12.3 Å². The van der Waals surface area contributed by atoms with Crippen LogP contribution in [0.3, 0.4) is 0 Å². The molecule has 1 aromatic heterocycles. The predicted molar refractivity (Wildman–Crippen MR) is 108 cm³/mol. The van der Waals surface area contributed by atoms with Crippen molar-refractivity contribution in [3.8, 4) is 0 Å². The van der Waals surface area contributed by atoms with E-state index in [1.54, 1.807) is 31.7 Å². The molecule has 0 aromatic carbocycles. The Morgan fingerprint density at radius 2 is 1.87 bits per heavy atom. The van der Waals surface area contributed by atoms with Crippen LogP contribution >= 0.6 is 0 Å². The minimum Gasteiger partial charge on any atom is -0.468 e. The third-order valence-electron chi connectivity index (χ3n) is 5.19. The van der Waals surface area contributed by atoms with Gasteiger partial charge in [0.1, 0.15) is 11.0 Å². The number of rotatable bonds is 5. The van der Waals surface area contributed by atoms with Gasteiger partial charge in [-0.05, 0) is 52.5 Å². The molecule has 1 N–H and O–H groups in total. The molecule has 166 valence electrons. The smallest absolute Gasteiger partial charge is 0.410 e. The van der Waals surface area contributed by atoms with Gasteiger partial charge in [0, 0.05) is 19.3 Å². The first kappa shape index (κ1) is 22.3. The number of anilines is 1. The number of amides is 1. The normalized spacial score (nSPS) is 19.1. The number of ether oxygens (including phenoxy) is 2. The lowest BCUT2D eigenvalue weighted by Gasteiger charge is -2.39. The number of esters is 1. The second-order valence-electron chi connectivity index (χ2n) is 8.65. The largest absolute Gasteiger partial charge is 0.468 e. The van der Waals surface area contributed by atoms with E-state index in [1.165, 1.54) is 13.3 Å². The van der Waals surface area contributed by atoms with Crippen LogP contribution in [0.1, 0.15) is 52.1 Å². The number of aromatic nitrogens is 2. The van der Waals surface area contributed by atoms with Gasteiger partial charge in [0.2, 0.25) is 16.0 Å². The molecule has 11 heteroatoms. The standard InChI is InChI=1S/C19H28N4O6S/c1-18(2,3)29-17(25)23-11-8-19(9-12-23,15(24)28-4)14-7-10-20-16(21-14)22-30(26,27)13-5-6-13/h7,10,13H,5-6,8-9,11-12H2,1-4H3,(H,20,21,22). The highest BCUT2D eigenvalue weighted by atomic mass is 32.2. The lowest BCUT2D eigenvalue weighted by Crippen LogP contribution is -2.50. The molecule has 2 fully saturated rings. The van der Waals surface area contributed by atoms with E-state index in [0.717, 1.165) is 0 Å². The van der Waals surface area contributed by atoms with Crippen LogP contribution in [-0.2, 0) is 29.7 Å². The van der Waals surface area contributed by atoms with Gasteiger partial charge in [-0.25, -0.2) is 23.2 Å². The molecular weight excluding hydrogens is 412 g/mol. The summed E-state index contributed by atoms with van der Waals surface area (Å²) in [6.45, 7) is 5.92. The van der Waals surface area contributed by atoms with Crippen LogP contribution in [0, 0.1) is 0 Å². The van der Waals surface area contributed by atoms with Gasteiger partial charge in [-0.1, -0.05) is 0 Å². The molecule has 2 aliphatic rings. The average molecular weight is 441 g/mol. The maximum atomic E-state index is 12.8. The highest BCUT2D eigenvalue weighted by Crippen LogP contribution is 2.37. The third-order valence-corrected chi connectivity index (χ3v) is 7.00. The summed E-state index contributed by atoms with van der Waals surface area (Å²) in [5.41, 5.74) is -1.36. The fraction of sp³-hybridized carbons (Fsp3) is 0.684. The number of nitrogens with zero attached hydrogens (tertiary/aromatic N) is 3. The van der Waals surface area contributed by atoms with Gasteiger partial charge in [0.15, 0.2) is 0 Å². The second-order valence-corrected chi connectivity index (χ2v) is 10.6. The molecule has 0 unspecified atom stereocenters. The maximum Gasteiger partial charge on any atom is 0.410 e. The zero-order valence-electron chi connectivity index (χ0n) is 17.7. The highest BCUT2D eigenvalue weighted by Gasteiger charge is 2.47. The van der Waals surface area contributed by atoms with Crippen molar-refractivity contribution < 1.29 is 27.5 Å². The van der Waals surface area contributed by atoms with Crippen molar-refractivity contribution in [2.75, 3.05) is 24.9 Å². The molecule has 3 rings (SSSR count). The second kappa shape index (κ2) is 8.01. The topological polar surface area (TPSA) is 128 Å². The summed E-state index contributed by atoms with van der Waals surface area (Å²) < 4.78 is 37.3. The summed E-state index contributed by atoms with van der Waals surface area (Å²) >= 11 is 0. The lowest BCUT2D eigenvalue weighted by atomic mass is 9.75. The number of methoxy groups -OCH3 is 1. The van der Waals surface area contributed by atoms with Crippen LogP contribution in [-0.4, -0.2) is 66.4 Å². The van der Waals surface area contributed by atoms with Crippen LogP contribution in [0.4, 0.5) is 10.7 Å². The van der Waals surface area contributed by atoms with Gasteiger partial charge in [0.05, 0.1) is 18.1 Å². The first-order valence-electron chi connectivity index (χ1n) is 9.88. The number of piperidine rings is 1. The van der Waals surface area contributed by atoms with Gasteiger partial charge >= 0.3 is 12.1 Å². The number of likely N-dealkylation sites (tertiary alicyclic amines) is 1. The Morgan fingerprint density at radius 3 is 2.40 bits per heavy atom. The van der Waals surface area contributed by atoms with Crippen molar-refractivity contribution in [3.63, 3.8) is 0 Å². The molecule has 0 bridgehead atoms. The molecule has 1 saturated heterocycles. The van der Waals surface area contributed by atoms with E-state index < -0.39 is 38.4 Å². The zero-order valence-corrected chi connectivity index (χ0v) is 18.5. The van der Waals surface area contributed by atoms with E-state index >= 15 is 0 Å². The number of carbonyl (C=O) groups excluding carboxylic acids is 2. The molecular formula is C19H28N4O6S. The highest BCUT2D eigenvalue weighted by molar-refractivity contribution is 7.93. The third kappa shape index (κ3) is 4.82. The molecule has 1 aliphatic carbocycles. The predicted octanol–water partition coefficient (Wildman–Crippen LogP) is 1.82. The van der Waals surface area contributed by atoms with Gasteiger partial charge in [0.25, 0.3) is 0 Å². The number of carbonyl (C=O) groups is 2. The molecule has 0 radical (unpaired) electrons. The summed E-state index contributed by atoms with van der Waals surface area (Å²) in [5.74, 6) is -0.557. The monoisotopic (exact) mass is 440 g/mol. The summed E-state index contributed by atoms with van der Waals surface area (Å²) in [4.78, 5) is 35.0.